The molecular formula is C16H23N3O. The number of benzene rings is 1. The molecule has 1 amide bonds. The van der Waals surface area contributed by atoms with Crippen LogP contribution >= 0.6 is 0 Å². The summed E-state index contributed by atoms with van der Waals surface area (Å²) in [4.78, 5) is 17.1. The number of anilines is 1. The Morgan fingerprint density at radius 1 is 1.35 bits per heavy atom. The molecule has 1 saturated heterocycles. The smallest absolute Gasteiger partial charge is 0.256 e. The molecule has 20 heavy (non-hydrogen) atoms. The van der Waals surface area contributed by atoms with Crippen molar-refractivity contribution in [2.75, 3.05) is 38.5 Å². The summed E-state index contributed by atoms with van der Waals surface area (Å²) in [6.07, 6.45) is 2.22. The van der Waals surface area contributed by atoms with E-state index in [4.69, 9.17) is 0 Å². The summed E-state index contributed by atoms with van der Waals surface area (Å²) in [6.45, 7) is 5.74. The van der Waals surface area contributed by atoms with Crippen LogP contribution < -0.4 is 5.32 Å². The maximum atomic E-state index is 12.8. The Morgan fingerprint density at radius 3 is 3.00 bits per heavy atom. The number of para-hydroxylation sites is 1. The van der Waals surface area contributed by atoms with Crippen molar-refractivity contribution in [1.29, 1.82) is 0 Å². The summed E-state index contributed by atoms with van der Waals surface area (Å²) in [6, 6.07) is 6.53. The highest BCUT2D eigenvalue weighted by Crippen LogP contribution is 2.27. The van der Waals surface area contributed by atoms with Crippen LogP contribution in [0.25, 0.3) is 0 Å². The van der Waals surface area contributed by atoms with Gasteiger partial charge < -0.3 is 15.1 Å². The molecule has 4 heteroatoms. The second-order valence-electron chi connectivity index (χ2n) is 5.95. The number of piperazine rings is 1. The van der Waals surface area contributed by atoms with Crippen LogP contribution in [0.5, 0.6) is 0 Å². The van der Waals surface area contributed by atoms with Crippen LogP contribution in [-0.2, 0) is 6.42 Å². The molecule has 3 rings (SSSR count). The summed E-state index contributed by atoms with van der Waals surface area (Å²) in [7, 11) is 2.12. The molecule has 0 aliphatic carbocycles. The number of likely N-dealkylation sites (N-methyl/N-ethyl adjacent to an activating group) is 1. The lowest BCUT2D eigenvalue weighted by Gasteiger charge is -2.38. The van der Waals surface area contributed by atoms with Crippen molar-refractivity contribution in [2.45, 2.75) is 25.8 Å². The number of carbonyl (C=O) groups excluding carboxylic acids is 1. The van der Waals surface area contributed by atoms with E-state index in [2.05, 4.69) is 30.3 Å². The van der Waals surface area contributed by atoms with E-state index in [1.807, 2.05) is 17.0 Å². The lowest BCUT2D eigenvalue weighted by Crippen LogP contribution is -2.52. The third-order valence-electron chi connectivity index (χ3n) is 4.55. The lowest BCUT2D eigenvalue weighted by molar-refractivity contribution is 0.0573. The largest absolute Gasteiger partial charge is 0.384 e. The quantitative estimate of drug-likeness (QED) is 0.848. The zero-order valence-electron chi connectivity index (χ0n) is 12.4. The number of nitrogens with one attached hydrogen (secondary N) is 1. The Labute approximate surface area is 120 Å². The van der Waals surface area contributed by atoms with Gasteiger partial charge in [0.2, 0.25) is 0 Å². The van der Waals surface area contributed by atoms with Gasteiger partial charge in [-0.2, -0.15) is 0 Å². The molecule has 1 atom stereocenters. The monoisotopic (exact) mass is 273 g/mol. The topological polar surface area (TPSA) is 35.6 Å². The summed E-state index contributed by atoms with van der Waals surface area (Å²) >= 11 is 0. The maximum Gasteiger partial charge on any atom is 0.256 e. The Kier molecular flexibility index (Phi) is 3.66. The molecule has 2 aliphatic rings. The van der Waals surface area contributed by atoms with Gasteiger partial charge in [-0.15, -0.1) is 0 Å². The molecule has 4 nitrogen and oxygen atoms in total. The summed E-state index contributed by atoms with van der Waals surface area (Å²) in [5.41, 5.74) is 3.19. The molecule has 108 valence electrons. The Hall–Kier alpha value is -1.55. The van der Waals surface area contributed by atoms with E-state index >= 15 is 0 Å². The first kappa shape index (κ1) is 13.4. The van der Waals surface area contributed by atoms with E-state index in [9.17, 15) is 4.79 Å². The first-order valence-corrected chi connectivity index (χ1v) is 7.52. The molecule has 0 spiro atoms. The minimum absolute atomic E-state index is 0.177. The van der Waals surface area contributed by atoms with Crippen LogP contribution in [-0.4, -0.2) is 55.0 Å². The molecule has 1 aromatic carbocycles. The number of nitrogens with zero attached hydrogens (tertiary/aromatic N) is 2. The van der Waals surface area contributed by atoms with Crippen molar-refractivity contribution in [1.82, 2.24) is 9.80 Å². The zero-order valence-corrected chi connectivity index (χ0v) is 12.4. The maximum absolute atomic E-state index is 12.8. The van der Waals surface area contributed by atoms with Crippen LogP contribution in [0.2, 0.25) is 0 Å². The Morgan fingerprint density at radius 2 is 2.20 bits per heavy atom. The van der Waals surface area contributed by atoms with Crippen LogP contribution in [0.4, 0.5) is 5.69 Å². The van der Waals surface area contributed by atoms with Crippen LogP contribution in [0.1, 0.15) is 29.3 Å². The van der Waals surface area contributed by atoms with Gasteiger partial charge in [-0.1, -0.05) is 12.1 Å². The second-order valence-corrected chi connectivity index (χ2v) is 5.95. The molecule has 1 N–H and O–H groups in total. The highest BCUT2D eigenvalue weighted by Gasteiger charge is 2.27. The molecule has 0 saturated carbocycles. The molecule has 2 heterocycles. The summed E-state index contributed by atoms with van der Waals surface area (Å²) in [5.74, 6) is 0.177. The van der Waals surface area contributed by atoms with Gasteiger partial charge in [-0.25, -0.2) is 0 Å². The predicted octanol–water partition coefficient (Wildman–Crippen LogP) is 1.82. The fourth-order valence-corrected chi connectivity index (χ4v) is 3.09. The molecule has 0 bridgehead atoms. The number of fused-ring (bicyclic) bond motifs is 1. The molecule has 1 fully saturated rings. The van der Waals surface area contributed by atoms with Crippen molar-refractivity contribution in [2.24, 2.45) is 0 Å². The van der Waals surface area contributed by atoms with Gasteiger partial charge in [-0.05, 0) is 38.4 Å². The van der Waals surface area contributed by atoms with Gasteiger partial charge in [0.05, 0.1) is 11.3 Å². The van der Waals surface area contributed by atoms with E-state index in [1.165, 1.54) is 5.56 Å². The lowest BCUT2D eigenvalue weighted by atomic mass is 9.98. The molecule has 0 radical (unpaired) electrons. The molecule has 0 aromatic heterocycles. The van der Waals surface area contributed by atoms with Gasteiger partial charge in [0.15, 0.2) is 0 Å². The SMILES string of the molecule is CC1CN(C(=O)c2cccc3c2NCCC3)CCN1C. The predicted molar refractivity (Wildman–Crippen MR) is 81.2 cm³/mol. The zero-order chi connectivity index (χ0) is 14.1. The van der Waals surface area contributed by atoms with Crippen molar-refractivity contribution in [3.05, 3.63) is 29.3 Å². The highest BCUT2D eigenvalue weighted by molar-refractivity contribution is 6.00. The van der Waals surface area contributed by atoms with Crippen LogP contribution in [0.3, 0.4) is 0 Å². The van der Waals surface area contributed by atoms with Crippen molar-refractivity contribution in [3.8, 4) is 0 Å². The van der Waals surface area contributed by atoms with Crippen LogP contribution in [0, 0.1) is 0 Å². The third kappa shape index (κ3) is 2.40. The number of hydrogen-bond donors (Lipinski definition) is 1. The average molecular weight is 273 g/mol. The molecule has 2 aliphatic heterocycles. The summed E-state index contributed by atoms with van der Waals surface area (Å²) in [5, 5.41) is 3.41. The first-order chi connectivity index (χ1) is 9.66. The Bertz CT molecular complexity index is 514. The van der Waals surface area contributed by atoms with E-state index < -0.39 is 0 Å². The first-order valence-electron chi connectivity index (χ1n) is 7.52. The van der Waals surface area contributed by atoms with E-state index in [0.29, 0.717) is 6.04 Å². The number of aryl methyl sites for hydroxylation is 1. The van der Waals surface area contributed by atoms with Gasteiger partial charge in [-0.3, -0.25) is 4.79 Å². The normalized spacial score (nSPS) is 23.1. The number of hydrogen-bond acceptors (Lipinski definition) is 3. The van der Waals surface area contributed by atoms with Gasteiger partial charge in [0, 0.05) is 32.2 Å². The van der Waals surface area contributed by atoms with E-state index in [1.54, 1.807) is 0 Å². The number of rotatable bonds is 1. The highest BCUT2D eigenvalue weighted by atomic mass is 16.2. The molecule has 1 unspecified atom stereocenters. The van der Waals surface area contributed by atoms with Crippen molar-refractivity contribution in [3.63, 3.8) is 0 Å². The van der Waals surface area contributed by atoms with E-state index in [0.717, 1.165) is 50.3 Å². The summed E-state index contributed by atoms with van der Waals surface area (Å²) < 4.78 is 0. The Balaban J connectivity index is 1.84. The molecular weight excluding hydrogens is 250 g/mol. The van der Waals surface area contributed by atoms with Gasteiger partial charge in [0.25, 0.3) is 5.91 Å². The third-order valence-corrected chi connectivity index (χ3v) is 4.55. The van der Waals surface area contributed by atoms with Gasteiger partial charge >= 0.3 is 0 Å². The minimum Gasteiger partial charge on any atom is -0.384 e. The van der Waals surface area contributed by atoms with Crippen molar-refractivity contribution >= 4 is 11.6 Å². The number of carbonyl (C=O) groups is 1. The standard InChI is InChI=1S/C16H23N3O/c1-12-11-19(10-9-18(12)2)16(20)14-7-3-5-13-6-4-8-17-15(13)14/h3,5,7,12,17H,4,6,8-11H2,1-2H3. The fraction of sp³-hybridized carbons (Fsp3) is 0.562. The van der Waals surface area contributed by atoms with Crippen LogP contribution in [0.15, 0.2) is 18.2 Å². The van der Waals surface area contributed by atoms with Crippen molar-refractivity contribution < 1.29 is 4.79 Å². The molecule has 1 aromatic rings. The van der Waals surface area contributed by atoms with Gasteiger partial charge in [0.1, 0.15) is 0 Å². The van der Waals surface area contributed by atoms with E-state index in [-0.39, 0.29) is 5.91 Å². The number of amides is 1. The minimum atomic E-state index is 0.177. The fourth-order valence-electron chi connectivity index (χ4n) is 3.09. The average Bonchev–Trinajstić information content (AvgIpc) is 2.49. The second kappa shape index (κ2) is 5.44.